The van der Waals surface area contributed by atoms with Gasteiger partial charge in [0.05, 0.1) is 17.8 Å². The normalized spacial score (nSPS) is 25.0. The van der Waals surface area contributed by atoms with Crippen LogP contribution in [0.25, 0.3) is 0 Å². The molecule has 7 nitrogen and oxygen atoms in total. The summed E-state index contributed by atoms with van der Waals surface area (Å²) in [6.07, 6.45) is 6.57. The van der Waals surface area contributed by atoms with Gasteiger partial charge in [0.25, 0.3) is 5.91 Å². The molecule has 2 amide bonds. The van der Waals surface area contributed by atoms with Crippen molar-refractivity contribution in [3.63, 3.8) is 0 Å². The van der Waals surface area contributed by atoms with Crippen molar-refractivity contribution in [2.24, 2.45) is 11.8 Å². The van der Waals surface area contributed by atoms with E-state index >= 15 is 0 Å². The van der Waals surface area contributed by atoms with Gasteiger partial charge in [-0.1, -0.05) is 0 Å². The predicted octanol–water partition coefficient (Wildman–Crippen LogP) is 1.22. The lowest BCUT2D eigenvalue weighted by atomic mass is 9.95. The van der Waals surface area contributed by atoms with Crippen molar-refractivity contribution >= 4 is 23.2 Å². The highest BCUT2D eigenvalue weighted by molar-refractivity contribution is 7.11. The molecule has 3 heterocycles. The van der Waals surface area contributed by atoms with E-state index in [2.05, 4.69) is 15.2 Å². The van der Waals surface area contributed by atoms with Crippen molar-refractivity contribution in [3.05, 3.63) is 16.6 Å². The van der Waals surface area contributed by atoms with E-state index in [0.717, 1.165) is 25.6 Å². The molecule has 1 saturated carbocycles. The van der Waals surface area contributed by atoms with Gasteiger partial charge in [-0.15, -0.1) is 11.3 Å². The number of hydrogen-bond donors (Lipinski definition) is 1. The quantitative estimate of drug-likeness (QED) is 0.755. The number of nitrogens with one attached hydrogen (secondary N) is 1. The Morgan fingerprint density at radius 1 is 1.22 bits per heavy atom. The first-order valence-corrected chi connectivity index (χ1v) is 10.8. The Morgan fingerprint density at radius 2 is 2.00 bits per heavy atom. The minimum absolute atomic E-state index is 0.0699. The summed E-state index contributed by atoms with van der Waals surface area (Å²) in [4.78, 5) is 33.3. The number of aromatic nitrogens is 1. The molecule has 0 unspecified atom stereocenters. The SMILES string of the molecule is O=C(NC[C@@H]1CN(CC2CCN(CC3CC3)CC2)C(=O)CO1)c1cncs1. The first-order valence-electron chi connectivity index (χ1n) is 9.96. The lowest BCUT2D eigenvalue weighted by molar-refractivity contribution is -0.149. The molecule has 148 valence electrons. The molecule has 1 aromatic rings. The zero-order chi connectivity index (χ0) is 18.6. The van der Waals surface area contributed by atoms with E-state index in [1.165, 1.54) is 43.6 Å². The van der Waals surface area contributed by atoms with Crippen LogP contribution in [0, 0.1) is 11.8 Å². The molecule has 0 bridgehead atoms. The van der Waals surface area contributed by atoms with Crippen molar-refractivity contribution in [2.75, 3.05) is 45.9 Å². The molecule has 1 N–H and O–H groups in total. The Morgan fingerprint density at radius 3 is 2.70 bits per heavy atom. The maximum absolute atomic E-state index is 12.3. The highest BCUT2D eigenvalue weighted by atomic mass is 32.1. The van der Waals surface area contributed by atoms with Gasteiger partial charge in [0.2, 0.25) is 5.91 Å². The molecular formula is C19H28N4O3S. The first-order chi connectivity index (χ1) is 13.2. The molecule has 0 radical (unpaired) electrons. The molecule has 2 saturated heterocycles. The van der Waals surface area contributed by atoms with Crippen LogP contribution in [0.1, 0.15) is 35.4 Å². The Kier molecular flexibility index (Phi) is 6.04. The molecule has 1 aromatic heterocycles. The van der Waals surface area contributed by atoms with Gasteiger partial charge in [-0.2, -0.15) is 0 Å². The molecule has 4 rings (SSSR count). The molecule has 1 aliphatic carbocycles. The van der Waals surface area contributed by atoms with Crippen LogP contribution in [0.4, 0.5) is 0 Å². The number of likely N-dealkylation sites (tertiary alicyclic amines) is 1. The fourth-order valence-corrected chi connectivity index (χ4v) is 4.47. The van der Waals surface area contributed by atoms with Gasteiger partial charge in [-0.05, 0) is 50.6 Å². The number of piperidine rings is 1. The lowest BCUT2D eigenvalue weighted by Crippen LogP contribution is -2.52. The summed E-state index contributed by atoms with van der Waals surface area (Å²) in [6, 6.07) is 0. The third kappa shape index (κ3) is 5.27. The van der Waals surface area contributed by atoms with Gasteiger partial charge in [0.15, 0.2) is 0 Å². The summed E-state index contributed by atoms with van der Waals surface area (Å²) in [6.45, 7) is 5.50. The second-order valence-electron chi connectivity index (χ2n) is 7.99. The average molecular weight is 393 g/mol. The number of carbonyl (C=O) groups is 2. The van der Waals surface area contributed by atoms with E-state index in [1.54, 1.807) is 11.7 Å². The summed E-state index contributed by atoms with van der Waals surface area (Å²) in [5.41, 5.74) is 1.64. The van der Waals surface area contributed by atoms with E-state index < -0.39 is 0 Å². The number of ether oxygens (including phenoxy) is 1. The minimum Gasteiger partial charge on any atom is -0.365 e. The molecular weight excluding hydrogens is 364 g/mol. The fraction of sp³-hybridized carbons (Fsp3) is 0.737. The van der Waals surface area contributed by atoms with Crippen molar-refractivity contribution < 1.29 is 14.3 Å². The van der Waals surface area contributed by atoms with Crippen LogP contribution in [-0.2, 0) is 9.53 Å². The minimum atomic E-state index is -0.144. The third-order valence-corrected chi connectivity index (χ3v) is 6.54. The zero-order valence-electron chi connectivity index (χ0n) is 15.6. The van der Waals surface area contributed by atoms with Crippen LogP contribution < -0.4 is 5.32 Å². The number of rotatable bonds is 7. The lowest BCUT2D eigenvalue weighted by Gasteiger charge is -2.38. The number of nitrogens with zero attached hydrogens (tertiary/aromatic N) is 3. The first kappa shape index (κ1) is 18.8. The van der Waals surface area contributed by atoms with Crippen molar-refractivity contribution in [2.45, 2.75) is 31.8 Å². The molecule has 1 atom stereocenters. The Labute approximate surface area is 164 Å². The smallest absolute Gasteiger partial charge is 0.263 e. The number of morpholine rings is 1. The summed E-state index contributed by atoms with van der Waals surface area (Å²) >= 11 is 1.32. The van der Waals surface area contributed by atoms with Crippen LogP contribution in [-0.4, -0.2) is 78.6 Å². The van der Waals surface area contributed by atoms with E-state index in [0.29, 0.717) is 23.9 Å². The second kappa shape index (κ2) is 8.67. The monoisotopic (exact) mass is 392 g/mol. The van der Waals surface area contributed by atoms with Gasteiger partial charge in [0.1, 0.15) is 11.5 Å². The third-order valence-electron chi connectivity index (χ3n) is 5.76. The van der Waals surface area contributed by atoms with Crippen LogP contribution in [0.2, 0.25) is 0 Å². The fourth-order valence-electron chi connectivity index (χ4n) is 3.93. The molecule has 8 heteroatoms. The Hall–Kier alpha value is -1.51. The predicted molar refractivity (Wildman–Crippen MR) is 103 cm³/mol. The number of amides is 2. The zero-order valence-corrected chi connectivity index (χ0v) is 16.5. The van der Waals surface area contributed by atoms with E-state index in [9.17, 15) is 9.59 Å². The van der Waals surface area contributed by atoms with Crippen molar-refractivity contribution in [1.29, 1.82) is 0 Å². The average Bonchev–Trinajstić information content (AvgIpc) is 3.31. The molecule has 2 aliphatic heterocycles. The molecule has 0 spiro atoms. The van der Waals surface area contributed by atoms with Crippen LogP contribution >= 0.6 is 11.3 Å². The van der Waals surface area contributed by atoms with Crippen LogP contribution in [0.5, 0.6) is 0 Å². The van der Waals surface area contributed by atoms with Gasteiger partial charge in [0, 0.05) is 26.2 Å². The van der Waals surface area contributed by atoms with E-state index in [1.807, 2.05) is 4.90 Å². The van der Waals surface area contributed by atoms with Gasteiger partial charge in [-0.25, -0.2) is 0 Å². The Balaban J connectivity index is 1.20. The highest BCUT2D eigenvalue weighted by Gasteiger charge is 2.31. The summed E-state index contributed by atoms with van der Waals surface area (Å²) in [5.74, 6) is 1.46. The van der Waals surface area contributed by atoms with Gasteiger partial charge in [-0.3, -0.25) is 14.6 Å². The second-order valence-corrected chi connectivity index (χ2v) is 8.88. The molecule has 27 heavy (non-hydrogen) atoms. The van der Waals surface area contributed by atoms with Crippen LogP contribution in [0.3, 0.4) is 0 Å². The summed E-state index contributed by atoms with van der Waals surface area (Å²) in [5, 5.41) is 2.89. The highest BCUT2D eigenvalue weighted by Crippen LogP contribution is 2.31. The topological polar surface area (TPSA) is 74.8 Å². The summed E-state index contributed by atoms with van der Waals surface area (Å²) < 4.78 is 5.62. The largest absolute Gasteiger partial charge is 0.365 e. The number of thiazole rings is 1. The maximum Gasteiger partial charge on any atom is 0.263 e. The molecule has 0 aromatic carbocycles. The molecule has 3 aliphatic rings. The van der Waals surface area contributed by atoms with E-state index in [4.69, 9.17) is 4.74 Å². The van der Waals surface area contributed by atoms with Gasteiger partial charge < -0.3 is 19.9 Å². The van der Waals surface area contributed by atoms with Crippen molar-refractivity contribution in [3.8, 4) is 0 Å². The van der Waals surface area contributed by atoms with Crippen molar-refractivity contribution in [1.82, 2.24) is 20.1 Å². The molecule has 3 fully saturated rings. The summed E-state index contributed by atoms with van der Waals surface area (Å²) in [7, 11) is 0. The van der Waals surface area contributed by atoms with E-state index in [-0.39, 0.29) is 24.5 Å². The van der Waals surface area contributed by atoms with Crippen LogP contribution in [0.15, 0.2) is 11.7 Å². The standard InChI is InChI=1S/C19H28N4O3S/c24-18-12-26-16(7-21-19(25)17-8-20-13-27-17)11-23(18)10-15-3-5-22(6-4-15)9-14-1-2-14/h8,13-16H,1-7,9-12H2,(H,21,25)/t16-/m1/s1. The number of hydrogen-bond acceptors (Lipinski definition) is 6. The van der Waals surface area contributed by atoms with Gasteiger partial charge >= 0.3 is 0 Å². The maximum atomic E-state index is 12.3. The Bertz CT molecular complexity index is 641. The number of carbonyl (C=O) groups excluding carboxylic acids is 2.